The van der Waals surface area contributed by atoms with Gasteiger partial charge in [0.1, 0.15) is 5.82 Å². The Morgan fingerprint density at radius 2 is 2.10 bits per heavy atom. The van der Waals surface area contributed by atoms with Gasteiger partial charge >= 0.3 is 5.97 Å². The van der Waals surface area contributed by atoms with Gasteiger partial charge in [-0.1, -0.05) is 36.7 Å². The van der Waals surface area contributed by atoms with Crippen molar-refractivity contribution in [2.45, 2.75) is 26.3 Å². The standard InChI is InChI=1S/C16H17ClN2O2/c1-3-12-8-11(16(20)21)9-15(19-12)18-10(2)13-6-4-5-7-14(13)17/h4-10H,3H2,1-2H3,(H,18,19)(H,20,21). The monoisotopic (exact) mass is 304 g/mol. The summed E-state index contributed by atoms with van der Waals surface area (Å²) in [5, 5.41) is 13.0. The average molecular weight is 305 g/mol. The molecule has 1 atom stereocenters. The maximum atomic E-state index is 11.2. The summed E-state index contributed by atoms with van der Waals surface area (Å²) in [5.74, 6) is -0.417. The van der Waals surface area contributed by atoms with Gasteiger partial charge in [0.25, 0.3) is 0 Å². The largest absolute Gasteiger partial charge is 0.478 e. The minimum atomic E-state index is -0.958. The summed E-state index contributed by atoms with van der Waals surface area (Å²) in [6.07, 6.45) is 0.677. The SMILES string of the molecule is CCc1cc(C(=O)O)cc(NC(C)c2ccccc2Cl)n1. The fraction of sp³-hybridized carbons (Fsp3) is 0.250. The van der Waals surface area contributed by atoms with E-state index in [2.05, 4.69) is 10.3 Å². The Balaban J connectivity index is 2.28. The number of rotatable bonds is 5. The van der Waals surface area contributed by atoms with Gasteiger partial charge in [0, 0.05) is 10.7 Å². The maximum absolute atomic E-state index is 11.2. The number of carbonyl (C=O) groups is 1. The Labute approximate surface area is 128 Å². The van der Waals surface area contributed by atoms with Crippen molar-refractivity contribution >= 4 is 23.4 Å². The number of hydrogen-bond acceptors (Lipinski definition) is 3. The van der Waals surface area contributed by atoms with Gasteiger partial charge in [-0.05, 0) is 37.1 Å². The van der Waals surface area contributed by atoms with Crippen molar-refractivity contribution in [2.75, 3.05) is 5.32 Å². The van der Waals surface area contributed by atoms with Crippen molar-refractivity contribution in [1.82, 2.24) is 4.98 Å². The first-order chi connectivity index (χ1) is 10.0. The van der Waals surface area contributed by atoms with Crippen LogP contribution in [0, 0.1) is 0 Å². The smallest absolute Gasteiger partial charge is 0.335 e. The zero-order valence-corrected chi connectivity index (χ0v) is 12.7. The summed E-state index contributed by atoms with van der Waals surface area (Å²) in [6, 6.07) is 10.6. The first-order valence-corrected chi connectivity index (χ1v) is 7.14. The number of aromatic nitrogens is 1. The Bertz CT molecular complexity index is 658. The average Bonchev–Trinajstić information content (AvgIpc) is 2.47. The first kappa shape index (κ1) is 15.3. The molecule has 0 radical (unpaired) electrons. The number of nitrogens with zero attached hydrogens (tertiary/aromatic N) is 1. The number of carboxylic acids is 1. The molecular formula is C16H17ClN2O2. The molecule has 110 valence electrons. The van der Waals surface area contributed by atoms with Crippen molar-refractivity contribution in [2.24, 2.45) is 0 Å². The minimum Gasteiger partial charge on any atom is -0.478 e. The van der Waals surface area contributed by atoms with Crippen molar-refractivity contribution in [3.05, 3.63) is 58.2 Å². The predicted molar refractivity (Wildman–Crippen MR) is 84.1 cm³/mol. The lowest BCUT2D eigenvalue weighted by molar-refractivity contribution is 0.0696. The number of carboxylic acid groups (broad SMARTS) is 1. The lowest BCUT2D eigenvalue weighted by atomic mass is 10.1. The van der Waals surface area contributed by atoms with E-state index in [4.69, 9.17) is 16.7 Å². The molecule has 0 aliphatic rings. The van der Waals surface area contributed by atoms with E-state index in [1.165, 1.54) is 6.07 Å². The van der Waals surface area contributed by atoms with Crippen molar-refractivity contribution in [3.63, 3.8) is 0 Å². The Kier molecular flexibility index (Phi) is 4.81. The van der Waals surface area contributed by atoms with Crippen molar-refractivity contribution in [1.29, 1.82) is 0 Å². The minimum absolute atomic E-state index is 0.0695. The molecule has 2 aromatic rings. The summed E-state index contributed by atoms with van der Waals surface area (Å²) >= 11 is 6.17. The fourth-order valence-electron chi connectivity index (χ4n) is 2.09. The number of nitrogens with one attached hydrogen (secondary N) is 1. The molecule has 5 heteroatoms. The fourth-order valence-corrected chi connectivity index (χ4v) is 2.39. The topological polar surface area (TPSA) is 62.2 Å². The number of aryl methyl sites for hydroxylation is 1. The molecule has 2 N–H and O–H groups in total. The van der Waals surface area contributed by atoms with E-state index in [9.17, 15) is 4.79 Å². The quantitative estimate of drug-likeness (QED) is 0.870. The van der Waals surface area contributed by atoms with Crippen LogP contribution >= 0.6 is 11.6 Å². The molecule has 1 aromatic carbocycles. The number of anilines is 1. The lowest BCUT2D eigenvalue weighted by Gasteiger charge is -2.17. The van der Waals surface area contributed by atoms with Gasteiger partial charge in [-0.2, -0.15) is 0 Å². The lowest BCUT2D eigenvalue weighted by Crippen LogP contribution is -2.10. The van der Waals surface area contributed by atoms with Gasteiger partial charge in [0.15, 0.2) is 0 Å². The Morgan fingerprint density at radius 1 is 1.38 bits per heavy atom. The van der Waals surface area contributed by atoms with E-state index < -0.39 is 5.97 Å². The van der Waals surface area contributed by atoms with Crippen LogP contribution in [-0.4, -0.2) is 16.1 Å². The van der Waals surface area contributed by atoms with Gasteiger partial charge in [0.2, 0.25) is 0 Å². The highest BCUT2D eigenvalue weighted by Gasteiger charge is 2.12. The van der Waals surface area contributed by atoms with E-state index in [1.54, 1.807) is 6.07 Å². The van der Waals surface area contributed by atoms with E-state index in [0.717, 1.165) is 11.3 Å². The highest BCUT2D eigenvalue weighted by molar-refractivity contribution is 6.31. The molecule has 0 saturated carbocycles. The number of benzene rings is 1. The predicted octanol–water partition coefficient (Wildman–Crippen LogP) is 4.17. The third kappa shape index (κ3) is 3.73. The molecule has 0 bridgehead atoms. The van der Waals surface area contributed by atoms with Crippen LogP contribution in [0.1, 0.15) is 41.5 Å². The normalized spacial score (nSPS) is 12.0. The zero-order valence-electron chi connectivity index (χ0n) is 11.9. The summed E-state index contributed by atoms with van der Waals surface area (Å²) in [7, 11) is 0. The Morgan fingerprint density at radius 3 is 2.71 bits per heavy atom. The first-order valence-electron chi connectivity index (χ1n) is 6.76. The van der Waals surface area contributed by atoms with Crippen molar-refractivity contribution in [3.8, 4) is 0 Å². The number of hydrogen-bond donors (Lipinski definition) is 2. The Hall–Kier alpha value is -2.07. The van der Waals surface area contributed by atoms with E-state index in [-0.39, 0.29) is 11.6 Å². The van der Waals surface area contributed by atoms with Crippen LogP contribution in [0.3, 0.4) is 0 Å². The van der Waals surface area contributed by atoms with Gasteiger partial charge in [-0.25, -0.2) is 9.78 Å². The molecule has 0 amide bonds. The number of halogens is 1. The molecule has 4 nitrogen and oxygen atoms in total. The van der Waals surface area contributed by atoms with Gasteiger partial charge in [-0.3, -0.25) is 0 Å². The van der Waals surface area contributed by atoms with Crippen LogP contribution in [0.4, 0.5) is 5.82 Å². The number of pyridine rings is 1. The van der Waals surface area contributed by atoms with Crippen LogP contribution in [0.5, 0.6) is 0 Å². The highest BCUT2D eigenvalue weighted by Crippen LogP contribution is 2.25. The van der Waals surface area contributed by atoms with Crippen LogP contribution in [-0.2, 0) is 6.42 Å². The molecule has 1 aromatic heterocycles. The molecule has 0 aliphatic heterocycles. The van der Waals surface area contributed by atoms with Crippen molar-refractivity contribution < 1.29 is 9.90 Å². The molecule has 0 spiro atoms. The summed E-state index contributed by atoms with van der Waals surface area (Å²) in [5.41, 5.74) is 1.92. The molecule has 21 heavy (non-hydrogen) atoms. The third-order valence-corrected chi connectivity index (χ3v) is 3.57. The molecule has 0 fully saturated rings. The maximum Gasteiger partial charge on any atom is 0.335 e. The van der Waals surface area contributed by atoms with Gasteiger partial charge in [-0.15, -0.1) is 0 Å². The molecule has 1 heterocycles. The van der Waals surface area contributed by atoms with Gasteiger partial charge < -0.3 is 10.4 Å². The van der Waals surface area contributed by atoms with Crippen LogP contribution < -0.4 is 5.32 Å². The third-order valence-electron chi connectivity index (χ3n) is 3.22. The van der Waals surface area contributed by atoms with E-state index in [0.29, 0.717) is 17.3 Å². The van der Waals surface area contributed by atoms with Gasteiger partial charge in [0.05, 0.1) is 11.6 Å². The summed E-state index contributed by atoms with van der Waals surface area (Å²) < 4.78 is 0. The second-order valence-corrected chi connectivity index (χ2v) is 5.19. The van der Waals surface area contributed by atoms with Crippen LogP contribution in [0.2, 0.25) is 5.02 Å². The van der Waals surface area contributed by atoms with E-state index in [1.807, 2.05) is 38.1 Å². The second-order valence-electron chi connectivity index (χ2n) is 4.78. The molecule has 0 aliphatic carbocycles. The molecule has 2 rings (SSSR count). The second kappa shape index (κ2) is 6.59. The van der Waals surface area contributed by atoms with E-state index >= 15 is 0 Å². The summed E-state index contributed by atoms with van der Waals surface area (Å²) in [4.78, 5) is 15.6. The number of aromatic carboxylic acids is 1. The van der Waals surface area contributed by atoms with Crippen LogP contribution in [0.15, 0.2) is 36.4 Å². The molecule has 1 unspecified atom stereocenters. The summed E-state index contributed by atoms with van der Waals surface area (Å²) in [6.45, 7) is 3.90. The highest BCUT2D eigenvalue weighted by atomic mass is 35.5. The van der Waals surface area contributed by atoms with Crippen LogP contribution in [0.25, 0.3) is 0 Å². The zero-order chi connectivity index (χ0) is 15.4. The molecular weight excluding hydrogens is 288 g/mol. The molecule has 0 saturated heterocycles.